The normalized spacial score (nSPS) is 12.5. The van der Waals surface area contributed by atoms with Gasteiger partial charge in [0.2, 0.25) is 0 Å². The zero-order chi connectivity index (χ0) is 20.3. The van der Waals surface area contributed by atoms with Gasteiger partial charge >= 0.3 is 0 Å². The first kappa shape index (κ1) is 20.6. The van der Waals surface area contributed by atoms with Crippen molar-refractivity contribution in [2.75, 3.05) is 20.8 Å². The number of methoxy groups -OCH3 is 2. The summed E-state index contributed by atoms with van der Waals surface area (Å²) < 4.78 is 26.9. The van der Waals surface area contributed by atoms with E-state index in [9.17, 15) is 4.39 Å². The Kier molecular flexibility index (Phi) is 6.52. The summed E-state index contributed by atoms with van der Waals surface area (Å²) in [6.07, 6.45) is 4.34. The van der Waals surface area contributed by atoms with E-state index in [-0.39, 0.29) is 11.8 Å². The summed E-state index contributed by atoms with van der Waals surface area (Å²) in [5, 5.41) is 0.372. The molecule has 150 valence electrons. The van der Waals surface area contributed by atoms with Gasteiger partial charge in [0.05, 0.1) is 23.3 Å². The first-order valence-corrected chi connectivity index (χ1v) is 9.81. The van der Waals surface area contributed by atoms with Crippen molar-refractivity contribution >= 4 is 22.6 Å². The first-order chi connectivity index (χ1) is 13.5. The van der Waals surface area contributed by atoms with Gasteiger partial charge < -0.3 is 14.0 Å². The van der Waals surface area contributed by atoms with Crippen molar-refractivity contribution in [3.05, 3.63) is 41.1 Å². The van der Waals surface area contributed by atoms with E-state index >= 15 is 0 Å². The van der Waals surface area contributed by atoms with Crippen LogP contribution in [0, 0.1) is 5.82 Å². The SMILES string of the molecule is CCc1nc2c(-c3cc(F)c(OC)cc3Cl)nccc2n1C(CC)CCOC. The number of hydrogen-bond donors (Lipinski definition) is 0. The molecule has 0 aliphatic heterocycles. The standard InChI is InChI=1S/C21H25ClFN3O2/c1-5-13(8-10-27-3)26-17-7-9-24-20(21(17)25-19(26)6-2)14-11-16(23)18(28-4)12-15(14)22/h7,9,11-13H,5-6,8,10H2,1-4H3. The molecule has 0 bridgehead atoms. The van der Waals surface area contributed by atoms with Gasteiger partial charge in [0.15, 0.2) is 11.6 Å². The van der Waals surface area contributed by atoms with Gasteiger partial charge in [-0.05, 0) is 25.0 Å². The fraction of sp³-hybridized carbons (Fsp3) is 0.429. The molecule has 2 heterocycles. The summed E-state index contributed by atoms with van der Waals surface area (Å²) in [7, 11) is 3.12. The van der Waals surface area contributed by atoms with Gasteiger partial charge in [-0.1, -0.05) is 25.4 Å². The van der Waals surface area contributed by atoms with Crippen molar-refractivity contribution in [1.82, 2.24) is 14.5 Å². The van der Waals surface area contributed by atoms with Gasteiger partial charge in [0, 0.05) is 44.0 Å². The van der Waals surface area contributed by atoms with Crippen LogP contribution in [0.5, 0.6) is 5.75 Å². The number of pyridine rings is 1. The van der Waals surface area contributed by atoms with E-state index in [2.05, 4.69) is 23.4 Å². The predicted octanol–water partition coefficient (Wildman–Crippen LogP) is 5.45. The lowest BCUT2D eigenvalue weighted by molar-refractivity contribution is 0.177. The summed E-state index contributed by atoms with van der Waals surface area (Å²) in [6.45, 7) is 4.91. The van der Waals surface area contributed by atoms with E-state index in [1.807, 2.05) is 6.07 Å². The number of benzene rings is 1. The molecular formula is C21H25ClFN3O2. The Hall–Kier alpha value is -2.18. The van der Waals surface area contributed by atoms with Gasteiger partial charge in [-0.3, -0.25) is 4.98 Å². The molecule has 0 saturated carbocycles. The Morgan fingerprint density at radius 3 is 2.68 bits per heavy atom. The number of fused-ring (bicyclic) bond motifs is 1. The van der Waals surface area contributed by atoms with Gasteiger partial charge in [-0.15, -0.1) is 0 Å². The summed E-state index contributed by atoms with van der Waals surface area (Å²) in [4.78, 5) is 9.32. The maximum Gasteiger partial charge on any atom is 0.165 e. The molecule has 0 aliphatic carbocycles. The van der Waals surface area contributed by atoms with Crippen molar-refractivity contribution in [2.45, 2.75) is 39.2 Å². The quantitative estimate of drug-likeness (QED) is 0.500. The lowest BCUT2D eigenvalue weighted by Gasteiger charge is -2.20. The molecule has 0 radical (unpaired) electrons. The number of hydrogen-bond acceptors (Lipinski definition) is 4. The highest BCUT2D eigenvalue weighted by atomic mass is 35.5. The molecular weight excluding hydrogens is 381 g/mol. The third-order valence-corrected chi connectivity index (χ3v) is 5.30. The average molecular weight is 406 g/mol. The minimum absolute atomic E-state index is 0.103. The molecule has 0 aliphatic rings. The summed E-state index contributed by atoms with van der Waals surface area (Å²) >= 11 is 6.42. The van der Waals surface area contributed by atoms with Gasteiger partial charge in [-0.25, -0.2) is 9.37 Å². The Morgan fingerprint density at radius 2 is 2.04 bits per heavy atom. The fourth-order valence-electron chi connectivity index (χ4n) is 3.56. The van der Waals surface area contributed by atoms with Crippen molar-refractivity contribution in [2.24, 2.45) is 0 Å². The van der Waals surface area contributed by atoms with Crippen LogP contribution in [0.1, 0.15) is 38.6 Å². The second-order valence-corrected chi connectivity index (χ2v) is 7.00. The molecule has 1 aromatic carbocycles. The fourth-order valence-corrected chi connectivity index (χ4v) is 3.80. The zero-order valence-corrected chi connectivity index (χ0v) is 17.4. The molecule has 0 spiro atoms. The first-order valence-electron chi connectivity index (χ1n) is 9.43. The molecule has 0 saturated heterocycles. The largest absolute Gasteiger partial charge is 0.494 e. The highest BCUT2D eigenvalue weighted by molar-refractivity contribution is 6.33. The summed E-state index contributed by atoms with van der Waals surface area (Å²) in [5.74, 6) is 0.589. The smallest absolute Gasteiger partial charge is 0.165 e. The van der Waals surface area contributed by atoms with Crippen LogP contribution in [0.3, 0.4) is 0 Å². The molecule has 28 heavy (non-hydrogen) atoms. The van der Waals surface area contributed by atoms with Crippen LogP contribution in [-0.4, -0.2) is 35.4 Å². The van der Waals surface area contributed by atoms with Crippen molar-refractivity contribution in [1.29, 1.82) is 0 Å². The van der Waals surface area contributed by atoms with E-state index in [4.69, 9.17) is 26.1 Å². The summed E-state index contributed by atoms with van der Waals surface area (Å²) in [5.41, 5.74) is 2.76. The van der Waals surface area contributed by atoms with E-state index in [0.29, 0.717) is 22.9 Å². The van der Waals surface area contributed by atoms with E-state index in [1.165, 1.54) is 19.2 Å². The number of halogens is 2. The molecule has 0 amide bonds. The zero-order valence-electron chi connectivity index (χ0n) is 16.6. The van der Waals surface area contributed by atoms with Crippen LogP contribution >= 0.6 is 11.6 Å². The van der Waals surface area contributed by atoms with E-state index in [0.717, 1.165) is 36.1 Å². The van der Waals surface area contributed by atoms with Crippen LogP contribution in [0.4, 0.5) is 4.39 Å². The second-order valence-electron chi connectivity index (χ2n) is 6.59. The molecule has 1 unspecified atom stereocenters. The number of aryl methyl sites for hydroxylation is 1. The number of aromatic nitrogens is 3. The number of ether oxygens (including phenoxy) is 2. The van der Waals surface area contributed by atoms with Crippen molar-refractivity contribution in [3.63, 3.8) is 0 Å². The minimum Gasteiger partial charge on any atom is -0.494 e. The van der Waals surface area contributed by atoms with Gasteiger partial charge in [0.25, 0.3) is 0 Å². The van der Waals surface area contributed by atoms with E-state index < -0.39 is 5.82 Å². The maximum atomic E-state index is 14.3. The molecule has 3 rings (SSSR count). The number of rotatable bonds is 8. The molecule has 1 atom stereocenters. The number of nitrogens with zero attached hydrogens (tertiary/aromatic N) is 3. The van der Waals surface area contributed by atoms with Crippen molar-refractivity contribution in [3.8, 4) is 17.0 Å². The summed E-state index contributed by atoms with van der Waals surface area (Å²) in [6, 6.07) is 5.04. The van der Waals surface area contributed by atoms with Crippen molar-refractivity contribution < 1.29 is 13.9 Å². The monoisotopic (exact) mass is 405 g/mol. The molecule has 0 fully saturated rings. The average Bonchev–Trinajstić information content (AvgIpc) is 3.09. The second kappa shape index (κ2) is 8.88. The topological polar surface area (TPSA) is 49.2 Å². The van der Waals surface area contributed by atoms with Crippen LogP contribution in [0.25, 0.3) is 22.3 Å². The highest BCUT2D eigenvalue weighted by Gasteiger charge is 2.21. The minimum atomic E-state index is -0.484. The van der Waals surface area contributed by atoms with Gasteiger partial charge in [0.1, 0.15) is 11.3 Å². The molecule has 3 aromatic rings. The molecule has 0 N–H and O–H groups in total. The van der Waals surface area contributed by atoms with Crippen LogP contribution in [-0.2, 0) is 11.2 Å². The third kappa shape index (κ3) is 3.71. The van der Waals surface area contributed by atoms with Crippen LogP contribution in [0.15, 0.2) is 24.4 Å². The Balaban J connectivity index is 2.21. The lowest BCUT2D eigenvalue weighted by Crippen LogP contribution is -2.13. The number of imidazole rings is 1. The highest BCUT2D eigenvalue weighted by Crippen LogP contribution is 2.37. The molecule has 7 heteroatoms. The van der Waals surface area contributed by atoms with E-state index in [1.54, 1.807) is 13.3 Å². The third-order valence-electron chi connectivity index (χ3n) is 4.99. The van der Waals surface area contributed by atoms with Gasteiger partial charge in [-0.2, -0.15) is 0 Å². The molecule has 2 aromatic heterocycles. The predicted molar refractivity (Wildman–Crippen MR) is 110 cm³/mol. The lowest BCUT2D eigenvalue weighted by atomic mass is 10.1. The Labute approximate surface area is 169 Å². The van der Waals surface area contributed by atoms with Crippen LogP contribution < -0.4 is 4.74 Å². The maximum absolute atomic E-state index is 14.3. The van der Waals surface area contributed by atoms with Crippen LogP contribution in [0.2, 0.25) is 5.02 Å². The Bertz CT molecular complexity index is 974. The molecule has 5 nitrogen and oxygen atoms in total. The Morgan fingerprint density at radius 1 is 1.25 bits per heavy atom.